The predicted molar refractivity (Wildman–Crippen MR) is 95.8 cm³/mol. The van der Waals surface area contributed by atoms with E-state index in [1.165, 1.54) is 37.3 Å². The lowest BCUT2D eigenvalue weighted by Crippen LogP contribution is -2.27. The lowest BCUT2D eigenvalue weighted by molar-refractivity contribution is -0.139. The average molecular weight is 381 g/mol. The maximum atomic E-state index is 13.1. The third kappa shape index (κ3) is 5.39. The van der Waals surface area contributed by atoms with Gasteiger partial charge >= 0.3 is 6.18 Å². The largest absolute Gasteiger partial charge is 0.497 e. The lowest BCUT2D eigenvalue weighted by Gasteiger charge is -2.20. The van der Waals surface area contributed by atoms with Gasteiger partial charge in [0.1, 0.15) is 11.5 Å². The Balaban J connectivity index is 2.05. The van der Waals surface area contributed by atoms with Crippen molar-refractivity contribution in [3.8, 4) is 11.5 Å². The first-order chi connectivity index (χ1) is 12.8. The van der Waals surface area contributed by atoms with Crippen molar-refractivity contribution in [2.75, 3.05) is 21.3 Å². The van der Waals surface area contributed by atoms with E-state index >= 15 is 0 Å². The van der Waals surface area contributed by atoms with Crippen molar-refractivity contribution in [3.63, 3.8) is 0 Å². The molecule has 4 nitrogen and oxygen atoms in total. The van der Waals surface area contributed by atoms with Crippen LogP contribution in [0.2, 0.25) is 0 Å². The number of ether oxygens (including phenoxy) is 2. The lowest BCUT2D eigenvalue weighted by atomic mass is 10.1. The topological polar surface area (TPSA) is 38.8 Å². The fourth-order valence-corrected chi connectivity index (χ4v) is 2.79. The normalized spacial score (nSPS) is 11.2. The molecule has 0 heterocycles. The first-order valence-electron chi connectivity index (χ1n) is 8.36. The summed E-state index contributed by atoms with van der Waals surface area (Å²) < 4.78 is 49.7. The summed E-state index contributed by atoms with van der Waals surface area (Å²) in [5.41, 5.74) is 0.146. The minimum Gasteiger partial charge on any atom is -0.497 e. The first kappa shape index (κ1) is 20.6. The van der Waals surface area contributed by atoms with Gasteiger partial charge in [-0.3, -0.25) is 4.79 Å². The van der Waals surface area contributed by atoms with Crippen molar-refractivity contribution in [1.29, 1.82) is 0 Å². The highest BCUT2D eigenvalue weighted by Crippen LogP contribution is 2.32. The van der Waals surface area contributed by atoms with Crippen LogP contribution >= 0.6 is 0 Å². The fraction of sp³-hybridized carbons (Fsp3) is 0.350. The van der Waals surface area contributed by atoms with Crippen molar-refractivity contribution in [2.45, 2.75) is 25.6 Å². The van der Waals surface area contributed by atoms with Gasteiger partial charge in [0.25, 0.3) is 0 Å². The van der Waals surface area contributed by atoms with Gasteiger partial charge in [0, 0.05) is 20.0 Å². The highest BCUT2D eigenvalue weighted by atomic mass is 19.4. The fourth-order valence-electron chi connectivity index (χ4n) is 2.79. The third-order valence-electron chi connectivity index (χ3n) is 4.25. The molecule has 0 aliphatic carbocycles. The number of rotatable bonds is 7. The van der Waals surface area contributed by atoms with Crippen LogP contribution in [0, 0.1) is 0 Å². The molecule has 0 spiro atoms. The number of nitrogens with zero attached hydrogens (tertiary/aromatic N) is 1. The number of carbonyl (C=O) groups is 1. The second-order valence-corrected chi connectivity index (χ2v) is 6.08. The molecule has 146 valence electrons. The van der Waals surface area contributed by atoms with E-state index in [1.807, 2.05) is 0 Å². The van der Waals surface area contributed by atoms with Crippen LogP contribution in [0.4, 0.5) is 13.2 Å². The summed E-state index contributed by atoms with van der Waals surface area (Å²) in [6.45, 7) is -0.107. The van der Waals surface area contributed by atoms with Gasteiger partial charge < -0.3 is 14.4 Å². The Hall–Kier alpha value is -2.70. The van der Waals surface area contributed by atoms with Gasteiger partial charge in [0.15, 0.2) is 0 Å². The standard InChI is InChI=1S/C20H22F3NO3/c1-24(13-15-6-4-5-7-17(15)20(21,22)23)19(25)11-8-14-12-16(26-2)9-10-18(14)27-3/h4-7,9-10,12H,8,11,13H2,1-3H3. The summed E-state index contributed by atoms with van der Waals surface area (Å²) in [5, 5.41) is 0. The Morgan fingerprint density at radius 2 is 1.74 bits per heavy atom. The van der Waals surface area contributed by atoms with Crippen molar-refractivity contribution in [2.24, 2.45) is 0 Å². The summed E-state index contributed by atoms with van der Waals surface area (Å²) in [6, 6.07) is 10.6. The van der Waals surface area contributed by atoms with Crippen molar-refractivity contribution < 1.29 is 27.4 Å². The summed E-state index contributed by atoms with van der Waals surface area (Å²) in [7, 11) is 4.58. The molecule has 0 saturated carbocycles. The minimum atomic E-state index is -4.45. The van der Waals surface area contributed by atoms with Gasteiger partial charge in [-0.05, 0) is 41.8 Å². The van der Waals surface area contributed by atoms with Gasteiger partial charge in [-0.15, -0.1) is 0 Å². The molecule has 0 fully saturated rings. The first-order valence-corrected chi connectivity index (χ1v) is 8.36. The molecular formula is C20H22F3NO3. The van der Waals surface area contributed by atoms with E-state index in [9.17, 15) is 18.0 Å². The third-order valence-corrected chi connectivity index (χ3v) is 4.25. The van der Waals surface area contributed by atoms with E-state index < -0.39 is 11.7 Å². The molecule has 0 aliphatic rings. The van der Waals surface area contributed by atoms with Crippen LogP contribution in [0.15, 0.2) is 42.5 Å². The van der Waals surface area contributed by atoms with Gasteiger partial charge in [0.2, 0.25) is 5.91 Å². The Bertz CT molecular complexity index is 790. The SMILES string of the molecule is COc1ccc(OC)c(CCC(=O)N(C)Cc2ccccc2C(F)(F)F)c1. The second-order valence-electron chi connectivity index (χ2n) is 6.08. The molecule has 1 amide bonds. The number of methoxy groups -OCH3 is 2. The van der Waals surface area contributed by atoms with Crippen LogP contribution in [0.25, 0.3) is 0 Å². The number of alkyl halides is 3. The van der Waals surface area contributed by atoms with E-state index in [0.29, 0.717) is 17.9 Å². The highest BCUT2D eigenvalue weighted by Gasteiger charge is 2.33. The number of amides is 1. The molecule has 0 N–H and O–H groups in total. The molecule has 0 radical (unpaired) electrons. The Kier molecular flexibility index (Phi) is 6.71. The Morgan fingerprint density at radius 1 is 1.04 bits per heavy atom. The van der Waals surface area contributed by atoms with Crippen LogP contribution in [0.3, 0.4) is 0 Å². The van der Waals surface area contributed by atoms with E-state index in [-0.39, 0.29) is 24.4 Å². The zero-order valence-corrected chi connectivity index (χ0v) is 15.5. The Labute approximate surface area is 156 Å². The van der Waals surface area contributed by atoms with Crippen molar-refractivity contribution in [3.05, 3.63) is 59.2 Å². The predicted octanol–water partition coefficient (Wildman–Crippen LogP) is 4.31. The van der Waals surface area contributed by atoms with Gasteiger partial charge in [-0.1, -0.05) is 18.2 Å². The van der Waals surface area contributed by atoms with Crippen LogP contribution in [0.1, 0.15) is 23.1 Å². The zero-order valence-electron chi connectivity index (χ0n) is 15.5. The molecule has 27 heavy (non-hydrogen) atoms. The van der Waals surface area contributed by atoms with Gasteiger partial charge in [-0.2, -0.15) is 13.2 Å². The molecule has 0 aromatic heterocycles. The summed E-state index contributed by atoms with van der Waals surface area (Å²) in [6.07, 6.45) is -3.91. The van der Waals surface area contributed by atoms with Crippen LogP contribution < -0.4 is 9.47 Å². The number of hydrogen-bond acceptors (Lipinski definition) is 3. The molecule has 0 atom stereocenters. The Morgan fingerprint density at radius 3 is 2.37 bits per heavy atom. The zero-order chi connectivity index (χ0) is 20.0. The van der Waals surface area contributed by atoms with Gasteiger partial charge in [0.05, 0.1) is 19.8 Å². The number of aryl methyl sites for hydroxylation is 1. The molecule has 2 aromatic rings. The maximum Gasteiger partial charge on any atom is 0.416 e. The van der Waals surface area contributed by atoms with Crippen LogP contribution in [0.5, 0.6) is 11.5 Å². The van der Waals surface area contributed by atoms with Crippen LogP contribution in [-0.4, -0.2) is 32.1 Å². The molecule has 2 aromatic carbocycles. The molecule has 0 bridgehead atoms. The number of carbonyl (C=O) groups excluding carboxylic acids is 1. The quantitative estimate of drug-likeness (QED) is 0.717. The van der Waals surface area contributed by atoms with E-state index in [4.69, 9.17) is 9.47 Å². The monoisotopic (exact) mass is 381 g/mol. The van der Waals surface area contributed by atoms with E-state index in [2.05, 4.69) is 0 Å². The second kappa shape index (κ2) is 8.79. The summed E-state index contributed by atoms with van der Waals surface area (Å²) >= 11 is 0. The van der Waals surface area contributed by atoms with Crippen molar-refractivity contribution in [1.82, 2.24) is 4.90 Å². The number of hydrogen-bond donors (Lipinski definition) is 0. The summed E-state index contributed by atoms with van der Waals surface area (Å²) in [5.74, 6) is 1.02. The summed E-state index contributed by atoms with van der Waals surface area (Å²) in [4.78, 5) is 13.7. The molecule has 0 unspecified atom stereocenters. The van der Waals surface area contributed by atoms with Crippen LogP contribution in [-0.2, 0) is 23.9 Å². The smallest absolute Gasteiger partial charge is 0.416 e. The van der Waals surface area contributed by atoms with Crippen molar-refractivity contribution >= 4 is 5.91 Å². The molecular weight excluding hydrogens is 359 g/mol. The molecule has 2 rings (SSSR count). The molecule has 0 saturated heterocycles. The maximum absolute atomic E-state index is 13.1. The van der Waals surface area contributed by atoms with E-state index in [1.54, 1.807) is 25.3 Å². The van der Waals surface area contributed by atoms with Gasteiger partial charge in [-0.25, -0.2) is 0 Å². The average Bonchev–Trinajstić information content (AvgIpc) is 2.65. The number of halogens is 3. The number of benzene rings is 2. The molecule has 0 aliphatic heterocycles. The minimum absolute atomic E-state index is 0.0693. The molecule has 7 heteroatoms. The highest BCUT2D eigenvalue weighted by molar-refractivity contribution is 5.76. The van der Waals surface area contributed by atoms with E-state index in [0.717, 1.165) is 11.6 Å².